The van der Waals surface area contributed by atoms with Crippen molar-refractivity contribution in [3.05, 3.63) is 48.0 Å². The Balaban J connectivity index is 1.35. The largest absolute Gasteiger partial charge is 0.451 e. The number of alkyl halides is 3. The number of fused-ring (bicyclic) bond motifs is 1. The third-order valence-electron chi connectivity index (χ3n) is 5.03. The zero-order valence-corrected chi connectivity index (χ0v) is 15.2. The molecule has 0 bridgehead atoms. The number of benzene rings is 1. The Bertz CT molecular complexity index is 924. The first-order valence-corrected chi connectivity index (χ1v) is 9.27. The highest BCUT2D eigenvalue weighted by molar-refractivity contribution is 5.82. The molecule has 6 nitrogen and oxygen atoms in total. The van der Waals surface area contributed by atoms with Crippen LogP contribution in [0.25, 0.3) is 11.2 Å². The molecule has 1 saturated heterocycles. The van der Waals surface area contributed by atoms with E-state index in [2.05, 4.69) is 42.3 Å². The molecule has 1 atom stereocenters. The fraction of sp³-hybridized carbons (Fsp3) is 0.421. The summed E-state index contributed by atoms with van der Waals surface area (Å²) in [5, 5.41) is 3.07. The molecule has 0 unspecified atom stereocenters. The molecule has 2 N–H and O–H groups in total. The van der Waals surface area contributed by atoms with Crippen LogP contribution in [0.15, 0.2) is 36.7 Å². The van der Waals surface area contributed by atoms with Gasteiger partial charge in [0.1, 0.15) is 5.52 Å². The minimum atomic E-state index is -4.61. The van der Waals surface area contributed by atoms with Crippen LogP contribution in [0.4, 0.5) is 19.0 Å². The maximum Gasteiger partial charge on any atom is 0.451 e. The van der Waals surface area contributed by atoms with Gasteiger partial charge in [-0.2, -0.15) is 13.2 Å². The number of likely N-dealkylation sites (tertiary alicyclic amines) is 1. The first kappa shape index (κ1) is 18.7. The molecule has 1 aliphatic heterocycles. The van der Waals surface area contributed by atoms with Gasteiger partial charge >= 0.3 is 6.18 Å². The average molecular weight is 390 g/mol. The summed E-state index contributed by atoms with van der Waals surface area (Å²) in [6, 6.07) is 10.3. The van der Waals surface area contributed by atoms with E-state index < -0.39 is 12.0 Å². The zero-order chi connectivity index (χ0) is 19.6. The second-order valence-corrected chi connectivity index (χ2v) is 7.07. The highest BCUT2D eigenvalue weighted by atomic mass is 19.4. The van der Waals surface area contributed by atoms with Crippen molar-refractivity contribution in [2.75, 3.05) is 31.5 Å². The van der Waals surface area contributed by atoms with E-state index in [4.69, 9.17) is 0 Å². The average Bonchev–Trinajstić information content (AvgIpc) is 3.33. The third-order valence-corrected chi connectivity index (χ3v) is 5.03. The van der Waals surface area contributed by atoms with Crippen molar-refractivity contribution in [2.45, 2.75) is 19.0 Å². The second kappa shape index (κ2) is 7.75. The topological polar surface area (TPSA) is 69.7 Å². The summed E-state index contributed by atoms with van der Waals surface area (Å²) in [7, 11) is 0. The number of nitrogens with one attached hydrogen (secondary N) is 2. The van der Waals surface area contributed by atoms with Crippen LogP contribution >= 0.6 is 0 Å². The van der Waals surface area contributed by atoms with Gasteiger partial charge in [-0.05, 0) is 30.9 Å². The first-order chi connectivity index (χ1) is 13.5. The van der Waals surface area contributed by atoms with Gasteiger partial charge in [0.15, 0.2) is 11.5 Å². The van der Waals surface area contributed by atoms with Crippen LogP contribution in [0, 0.1) is 5.92 Å². The van der Waals surface area contributed by atoms with Crippen molar-refractivity contribution in [1.82, 2.24) is 24.8 Å². The Morgan fingerprint density at radius 1 is 1.18 bits per heavy atom. The number of hydrogen-bond acceptors (Lipinski definition) is 5. The molecule has 0 spiro atoms. The molecule has 2 aromatic heterocycles. The van der Waals surface area contributed by atoms with E-state index in [1.165, 1.54) is 11.9 Å². The molecule has 9 heteroatoms. The SMILES string of the molecule is FC(F)(F)c1nc(NC[C@H]2CCN(CCc3ccccc3)C2)c2[nH]cnc2n1. The molecule has 0 aliphatic carbocycles. The maximum atomic E-state index is 13.0. The van der Waals surface area contributed by atoms with Gasteiger partial charge in [0.05, 0.1) is 6.33 Å². The van der Waals surface area contributed by atoms with E-state index in [0.717, 1.165) is 32.5 Å². The smallest absolute Gasteiger partial charge is 0.368 e. The highest BCUT2D eigenvalue weighted by Gasteiger charge is 2.36. The normalized spacial score (nSPS) is 18.0. The van der Waals surface area contributed by atoms with E-state index >= 15 is 0 Å². The lowest BCUT2D eigenvalue weighted by Gasteiger charge is -2.17. The highest BCUT2D eigenvalue weighted by Crippen LogP contribution is 2.29. The van der Waals surface area contributed by atoms with E-state index in [0.29, 0.717) is 18.0 Å². The monoisotopic (exact) mass is 390 g/mol. The van der Waals surface area contributed by atoms with Crippen LogP contribution in [0.2, 0.25) is 0 Å². The van der Waals surface area contributed by atoms with Crippen molar-refractivity contribution in [3.63, 3.8) is 0 Å². The number of rotatable bonds is 6. The molecule has 0 saturated carbocycles. The van der Waals surface area contributed by atoms with Gasteiger partial charge in [-0.3, -0.25) is 0 Å². The Hall–Kier alpha value is -2.68. The summed E-state index contributed by atoms with van der Waals surface area (Å²) in [6.45, 7) is 3.46. The number of halogens is 3. The molecular weight excluding hydrogens is 369 g/mol. The summed E-state index contributed by atoms with van der Waals surface area (Å²) in [5.41, 5.74) is 1.72. The van der Waals surface area contributed by atoms with Crippen LogP contribution in [0.5, 0.6) is 0 Å². The molecule has 3 aromatic rings. The van der Waals surface area contributed by atoms with Crippen LogP contribution in [-0.4, -0.2) is 51.0 Å². The van der Waals surface area contributed by atoms with Crippen LogP contribution in [0.1, 0.15) is 17.8 Å². The van der Waals surface area contributed by atoms with Crippen molar-refractivity contribution in [3.8, 4) is 0 Å². The Labute approximate surface area is 160 Å². The van der Waals surface area contributed by atoms with Crippen LogP contribution < -0.4 is 5.32 Å². The molecule has 1 aromatic carbocycles. The summed E-state index contributed by atoms with van der Waals surface area (Å²) in [5.74, 6) is -0.666. The molecule has 28 heavy (non-hydrogen) atoms. The third kappa shape index (κ3) is 4.24. The van der Waals surface area contributed by atoms with Crippen molar-refractivity contribution < 1.29 is 13.2 Å². The molecule has 1 aliphatic rings. The van der Waals surface area contributed by atoms with E-state index in [1.807, 2.05) is 18.2 Å². The zero-order valence-electron chi connectivity index (χ0n) is 15.2. The standard InChI is InChI=1S/C19H21F3N6/c20-19(21,22)18-26-16(15-17(27-18)25-12-24-15)23-10-14-7-9-28(11-14)8-6-13-4-2-1-3-5-13/h1-5,12,14H,6-11H2,(H2,23,24,25,26,27)/t14-/m1/s1. The van der Waals surface area contributed by atoms with E-state index in [9.17, 15) is 13.2 Å². The quantitative estimate of drug-likeness (QED) is 0.676. The molecular formula is C19H21F3N6. The van der Waals surface area contributed by atoms with Gasteiger partial charge in [0.25, 0.3) is 0 Å². The van der Waals surface area contributed by atoms with E-state index in [1.54, 1.807) is 0 Å². The molecule has 0 amide bonds. The molecule has 1 fully saturated rings. The Morgan fingerprint density at radius 3 is 2.79 bits per heavy atom. The number of aromatic nitrogens is 4. The molecule has 148 valence electrons. The van der Waals surface area contributed by atoms with Gasteiger partial charge < -0.3 is 15.2 Å². The molecule has 3 heterocycles. The predicted octanol–water partition coefficient (Wildman–Crippen LogP) is 3.35. The van der Waals surface area contributed by atoms with Crippen LogP contribution in [0.3, 0.4) is 0 Å². The number of H-pyrrole nitrogens is 1. The van der Waals surface area contributed by atoms with Crippen molar-refractivity contribution >= 4 is 17.0 Å². The fourth-order valence-corrected chi connectivity index (χ4v) is 3.54. The number of anilines is 1. The summed E-state index contributed by atoms with van der Waals surface area (Å²) < 4.78 is 39.1. The summed E-state index contributed by atoms with van der Waals surface area (Å²) >= 11 is 0. The molecule has 0 radical (unpaired) electrons. The van der Waals surface area contributed by atoms with Gasteiger partial charge in [0.2, 0.25) is 5.82 Å². The van der Waals surface area contributed by atoms with Crippen LogP contribution in [-0.2, 0) is 12.6 Å². The van der Waals surface area contributed by atoms with Gasteiger partial charge in [-0.1, -0.05) is 30.3 Å². The Kier molecular flexibility index (Phi) is 5.17. The minimum absolute atomic E-state index is 0.0146. The fourth-order valence-electron chi connectivity index (χ4n) is 3.54. The number of hydrogen-bond donors (Lipinski definition) is 2. The van der Waals surface area contributed by atoms with Crippen molar-refractivity contribution in [2.24, 2.45) is 5.92 Å². The van der Waals surface area contributed by atoms with Gasteiger partial charge in [0, 0.05) is 19.6 Å². The minimum Gasteiger partial charge on any atom is -0.368 e. The lowest BCUT2D eigenvalue weighted by Crippen LogP contribution is -2.25. The number of nitrogens with zero attached hydrogens (tertiary/aromatic N) is 4. The number of imidazole rings is 1. The number of aromatic amines is 1. The van der Waals surface area contributed by atoms with E-state index in [-0.39, 0.29) is 11.5 Å². The summed E-state index contributed by atoms with van der Waals surface area (Å²) in [4.78, 5) is 16.2. The lowest BCUT2D eigenvalue weighted by molar-refractivity contribution is -0.144. The first-order valence-electron chi connectivity index (χ1n) is 9.27. The van der Waals surface area contributed by atoms with Crippen molar-refractivity contribution in [1.29, 1.82) is 0 Å². The second-order valence-electron chi connectivity index (χ2n) is 7.07. The maximum absolute atomic E-state index is 13.0. The van der Waals surface area contributed by atoms with Gasteiger partial charge in [-0.15, -0.1) is 0 Å². The van der Waals surface area contributed by atoms with Gasteiger partial charge in [-0.25, -0.2) is 15.0 Å². The predicted molar refractivity (Wildman–Crippen MR) is 99.9 cm³/mol. The Morgan fingerprint density at radius 2 is 2.00 bits per heavy atom. The molecule has 4 rings (SSSR count). The lowest BCUT2D eigenvalue weighted by atomic mass is 10.1. The summed E-state index contributed by atoms with van der Waals surface area (Å²) in [6.07, 6.45) is -1.28.